The van der Waals surface area contributed by atoms with Gasteiger partial charge in [0.25, 0.3) is 0 Å². The Morgan fingerprint density at radius 1 is 1.17 bits per heavy atom. The number of hydrogen-bond acceptors (Lipinski definition) is 6. The van der Waals surface area contributed by atoms with Gasteiger partial charge in [-0.25, -0.2) is 0 Å². The average molecular weight is 349 g/mol. The number of nitrogens with one attached hydrogen (secondary N) is 1. The molecule has 1 unspecified atom stereocenters. The molecule has 7 heteroatoms. The van der Waals surface area contributed by atoms with Crippen molar-refractivity contribution >= 4 is 18.5 Å². The van der Waals surface area contributed by atoms with Gasteiger partial charge in [-0.15, -0.1) is 12.6 Å². The van der Waals surface area contributed by atoms with E-state index in [1.807, 2.05) is 0 Å². The second-order valence-corrected chi connectivity index (χ2v) is 7.12. The van der Waals surface area contributed by atoms with E-state index in [1.165, 1.54) is 26.2 Å². The van der Waals surface area contributed by atoms with E-state index in [-0.39, 0.29) is 5.91 Å². The van der Waals surface area contributed by atoms with Gasteiger partial charge in [0, 0.05) is 6.92 Å². The van der Waals surface area contributed by atoms with Crippen LogP contribution in [0.15, 0.2) is 0 Å². The zero-order chi connectivity index (χ0) is 17.5. The molecule has 1 rings (SSSR count). The number of aliphatic hydroxyl groups excluding tert-OH is 3. The maximum absolute atomic E-state index is 11.4. The summed E-state index contributed by atoms with van der Waals surface area (Å²) in [5.74, 6) is -0.325. The monoisotopic (exact) mass is 349 g/mol. The first-order chi connectivity index (χ1) is 10.9. The Bertz CT molecular complexity index is 370. The minimum atomic E-state index is -1.26. The molecule has 1 saturated heterocycles. The van der Waals surface area contributed by atoms with E-state index in [0.717, 1.165) is 19.3 Å². The van der Waals surface area contributed by atoms with E-state index in [4.69, 9.17) is 4.74 Å². The Kier molecular flexibility index (Phi) is 8.85. The average Bonchev–Trinajstić information content (AvgIpc) is 2.51. The minimum Gasteiger partial charge on any atom is -0.394 e. The third kappa shape index (κ3) is 5.90. The van der Waals surface area contributed by atoms with Crippen LogP contribution < -0.4 is 5.32 Å². The molecule has 0 aromatic heterocycles. The first kappa shape index (κ1) is 20.7. The summed E-state index contributed by atoms with van der Waals surface area (Å²) < 4.78 is 5.74. The van der Waals surface area contributed by atoms with Gasteiger partial charge in [0.1, 0.15) is 23.2 Å². The van der Waals surface area contributed by atoms with Gasteiger partial charge in [-0.3, -0.25) is 4.79 Å². The predicted molar refractivity (Wildman–Crippen MR) is 91.3 cm³/mol. The SMILES string of the molecule is CCCCCCCCC1(S)O[C@H](CO)[C@@H](O)[C@H](O)[C@H]1NC(C)=O. The summed E-state index contributed by atoms with van der Waals surface area (Å²) in [5, 5.41) is 32.3. The molecular formula is C16H31NO5S. The molecule has 0 aliphatic carbocycles. The van der Waals surface area contributed by atoms with E-state index >= 15 is 0 Å². The van der Waals surface area contributed by atoms with Crippen LogP contribution in [0.25, 0.3) is 0 Å². The Hall–Kier alpha value is -0.340. The van der Waals surface area contributed by atoms with Crippen molar-refractivity contribution in [2.45, 2.75) is 88.1 Å². The minimum absolute atomic E-state index is 0.325. The topological polar surface area (TPSA) is 99.0 Å². The second kappa shape index (κ2) is 9.84. The molecule has 0 aromatic rings. The molecule has 0 saturated carbocycles. The first-order valence-electron chi connectivity index (χ1n) is 8.50. The molecule has 0 radical (unpaired) electrons. The van der Waals surface area contributed by atoms with Crippen LogP contribution in [-0.2, 0) is 9.53 Å². The van der Waals surface area contributed by atoms with Gasteiger partial charge < -0.3 is 25.4 Å². The highest BCUT2D eigenvalue weighted by atomic mass is 32.1. The fourth-order valence-electron chi connectivity index (χ4n) is 3.02. The van der Waals surface area contributed by atoms with Crippen molar-refractivity contribution in [3.8, 4) is 0 Å². The molecule has 0 spiro atoms. The van der Waals surface area contributed by atoms with Crippen LogP contribution in [0.3, 0.4) is 0 Å². The molecule has 0 aromatic carbocycles. The summed E-state index contributed by atoms with van der Waals surface area (Å²) in [7, 11) is 0. The number of hydrogen-bond donors (Lipinski definition) is 5. The summed E-state index contributed by atoms with van der Waals surface area (Å²) in [6, 6.07) is -0.822. The molecule has 6 nitrogen and oxygen atoms in total. The van der Waals surface area contributed by atoms with Crippen molar-refractivity contribution < 1.29 is 24.9 Å². The van der Waals surface area contributed by atoms with Crippen molar-refractivity contribution in [2.24, 2.45) is 0 Å². The number of amides is 1. The zero-order valence-corrected chi connectivity index (χ0v) is 15.0. The largest absolute Gasteiger partial charge is 0.394 e. The van der Waals surface area contributed by atoms with Gasteiger partial charge in [-0.2, -0.15) is 0 Å². The van der Waals surface area contributed by atoms with Gasteiger partial charge in [0.15, 0.2) is 0 Å². The Morgan fingerprint density at radius 3 is 2.35 bits per heavy atom. The summed E-state index contributed by atoms with van der Waals surface area (Å²) in [6.45, 7) is 3.10. The molecule has 1 fully saturated rings. The van der Waals surface area contributed by atoms with Crippen LogP contribution >= 0.6 is 12.6 Å². The molecule has 4 N–H and O–H groups in total. The predicted octanol–water partition coefficient (Wildman–Crippen LogP) is 0.981. The van der Waals surface area contributed by atoms with Gasteiger partial charge in [-0.05, 0) is 12.8 Å². The smallest absolute Gasteiger partial charge is 0.217 e. The number of ether oxygens (including phenoxy) is 1. The third-order valence-corrected chi connectivity index (χ3v) is 4.95. The molecule has 5 atom stereocenters. The maximum atomic E-state index is 11.4. The summed E-state index contributed by atoms with van der Waals surface area (Å²) in [5.41, 5.74) is 0. The van der Waals surface area contributed by atoms with Gasteiger partial charge in [0.2, 0.25) is 5.91 Å². The maximum Gasteiger partial charge on any atom is 0.217 e. The molecule has 1 aliphatic rings. The van der Waals surface area contributed by atoms with E-state index in [9.17, 15) is 20.1 Å². The number of thiol groups is 1. The fourth-order valence-corrected chi connectivity index (χ4v) is 3.54. The van der Waals surface area contributed by atoms with Crippen molar-refractivity contribution in [1.29, 1.82) is 0 Å². The molecule has 1 heterocycles. The molecule has 136 valence electrons. The van der Waals surface area contributed by atoms with Crippen LogP contribution in [0.5, 0.6) is 0 Å². The highest BCUT2D eigenvalue weighted by Crippen LogP contribution is 2.37. The lowest BCUT2D eigenvalue weighted by Gasteiger charge is -2.48. The Labute approximate surface area is 144 Å². The molecule has 1 aliphatic heterocycles. The fraction of sp³-hybridized carbons (Fsp3) is 0.938. The summed E-state index contributed by atoms with van der Waals surface area (Å²) in [4.78, 5) is 10.3. The first-order valence-corrected chi connectivity index (χ1v) is 8.94. The lowest BCUT2D eigenvalue weighted by atomic mass is 9.89. The number of carbonyl (C=O) groups excluding carboxylic acids is 1. The van der Waals surface area contributed by atoms with Gasteiger partial charge >= 0.3 is 0 Å². The zero-order valence-electron chi connectivity index (χ0n) is 14.1. The molecular weight excluding hydrogens is 318 g/mol. The van der Waals surface area contributed by atoms with E-state index in [0.29, 0.717) is 6.42 Å². The second-order valence-electron chi connectivity index (χ2n) is 6.36. The number of unbranched alkanes of at least 4 members (excludes halogenated alkanes) is 5. The quantitative estimate of drug-likeness (QED) is 0.316. The third-order valence-electron chi connectivity index (χ3n) is 4.34. The van der Waals surface area contributed by atoms with E-state index in [2.05, 4.69) is 24.9 Å². The normalized spacial score (nSPS) is 34.3. The van der Waals surface area contributed by atoms with Crippen molar-refractivity contribution in [3.05, 3.63) is 0 Å². The van der Waals surface area contributed by atoms with Gasteiger partial charge in [0.05, 0.1) is 12.6 Å². The summed E-state index contributed by atoms with van der Waals surface area (Å²) in [6.07, 6.45) is 3.68. The van der Waals surface area contributed by atoms with Crippen LogP contribution in [0, 0.1) is 0 Å². The standard InChI is InChI=1S/C16H31NO5S/c1-3-4-5-6-7-8-9-16(23)15(17-11(2)19)14(21)13(20)12(10-18)22-16/h12-15,18,20-21,23H,3-10H2,1-2H3,(H,17,19)/t12-,13-,14+,15-,16?/m1/s1. The molecule has 23 heavy (non-hydrogen) atoms. The number of carbonyl (C=O) groups is 1. The number of rotatable bonds is 9. The Balaban J connectivity index is 2.68. The highest BCUT2D eigenvalue weighted by Gasteiger charge is 2.51. The van der Waals surface area contributed by atoms with Crippen LogP contribution in [0.4, 0.5) is 0 Å². The van der Waals surface area contributed by atoms with Crippen LogP contribution in [0.2, 0.25) is 0 Å². The summed E-state index contributed by atoms with van der Waals surface area (Å²) >= 11 is 4.56. The van der Waals surface area contributed by atoms with Crippen molar-refractivity contribution in [3.63, 3.8) is 0 Å². The van der Waals surface area contributed by atoms with Crippen LogP contribution in [-0.4, -0.2) is 57.1 Å². The van der Waals surface area contributed by atoms with Crippen molar-refractivity contribution in [1.82, 2.24) is 5.32 Å². The number of aliphatic hydroxyl groups is 3. The lowest BCUT2D eigenvalue weighted by Crippen LogP contribution is -2.68. The molecule has 0 bridgehead atoms. The molecule has 1 amide bonds. The highest BCUT2D eigenvalue weighted by molar-refractivity contribution is 7.81. The lowest BCUT2D eigenvalue weighted by molar-refractivity contribution is -0.208. The van der Waals surface area contributed by atoms with Gasteiger partial charge in [-0.1, -0.05) is 39.0 Å². The van der Waals surface area contributed by atoms with E-state index < -0.39 is 35.9 Å². The Morgan fingerprint density at radius 2 is 1.78 bits per heavy atom. The van der Waals surface area contributed by atoms with Crippen LogP contribution in [0.1, 0.15) is 58.8 Å². The van der Waals surface area contributed by atoms with Crippen molar-refractivity contribution in [2.75, 3.05) is 6.61 Å². The van der Waals surface area contributed by atoms with E-state index in [1.54, 1.807) is 0 Å².